The van der Waals surface area contributed by atoms with Crippen LogP contribution in [0.2, 0.25) is 0 Å². The molecule has 0 spiro atoms. The lowest BCUT2D eigenvalue weighted by Crippen LogP contribution is -2.53. The Hall–Kier alpha value is -1.28. The second kappa shape index (κ2) is 6.65. The van der Waals surface area contributed by atoms with Gasteiger partial charge in [0.1, 0.15) is 0 Å². The number of rotatable bonds is 1. The van der Waals surface area contributed by atoms with Gasteiger partial charge in [0.2, 0.25) is 0 Å². The summed E-state index contributed by atoms with van der Waals surface area (Å²) in [6.45, 7) is 0.908. The Balaban J connectivity index is 2.35. The summed E-state index contributed by atoms with van der Waals surface area (Å²) in [5.41, 5.74) is 6.65. The van der Waals surface area contributed by atoms with Gasteiger partial charge in [-0.15, -0.1) is 0 Å². The van der Waals surface area contributed by atoms with Crippen LogP contribution in [0.15, 0.2) is 21.1 Å². The molecule has 0 bridgehead atoms. The molecule has 1 heterocycles. The monoisotopic (exact) mass is 419 g/mol. The summed E-state index contributed by atoms with van der Waals surface area (Å²) in [6, 6.07) is 3.41. The van der Waals surface area contributed by atoms with Crippen LogP contribution >= 0.6 is 31.9 Å². The first kappa shape index (κ1) is 16.1. The van der Waals surface area contributed by atoms with Gasteiger partial charge in [-0.1, -0.05) is 15.9 Å². The molecule has 2 N–H and O–H groups in total. The molecule has 0 unspecified atom stereocenters. The zero-order valence-corrected chi connectivity index (χ0v) is 14.6. The molecule has 8 heteroatoms. The van der Waals surface area contributed by atoms with Gasteiger partial charge >= 0.3 is 6.09 Å². The van der Waals surface area contributed by atoms with Crippen LogP contribution in [0.3, 0.4) is 0 Å². The normalized spacial score (nSPS) is 15.0. The molecular formula is C13H15Br2N3O3. The lowest BCUT2D eigenvalue weighted by atomic mass is 10.1. The van der Waals surface area contributed by atoms with Crippen molar-refractivity contribution in [3.8, 4) is 0 Å². The van der Waals surface area contributed by atoms with E-state index in [0.29, 0.717) is 28.8 Å². The van der Waals surface area contributed by atoms with Crippen LogP contribution in [0, 0.1) is 0 Å². The van der Waals surface area contributed by atoms with Crippen molar-refractivity contribution in [1.29, 1.82) is 0 Å². The third-order valence-corrected chi connectivity index (χ3v) is 4.34. The lowest BCUT2D eigenvalue weighted by Gasteiger charge is -2.37. The Bertz CT molecular complexity index is 580. The number of hydrogen-bond acceptors (Lipinski definition) is 4. The number of nitrogens with two attached hydrogens (primary N) is 1. The molecule has 21 heavy (non-hydrogen) atoms. The van der Waals surface area contributed by atoms with Crippen LogP contribution in [0.4, 0.5) is 10.5 Å². The van der Waals surface area contributed by atoms with E-state index in [9.17, 15) is 9.59 Å². The van der Waals surface area contributed by atoms with E-state index < -0.39 is 6.09 Å². The van der Waals surface area contributed by atoms with Crippen LogP contribution in [0.1, 0.15) is 23.2 Å². The van der Waals surface area contributed by atoms with Crippen molar-refractivity contribution < 1.29 is 14.3 Å². The fourth-order valence-corrected chi connectivity index (χ4v) is 3.40. The minimum Gasteiger partial charge on any atom is -0.452 e. The molecule has 0 aromatic heterocycles. The first-order valence-electron chi connectivity index (χ1n) is 6.37. The van der Waals surface area contributed by atoms with E-state index in [1.54, 1.807) is 12.1 Å². The standard InChI is InChI=1S/C13H15Br2N3O3/c1-21-13(20)18-5-3-2-4-17(18)12(19)9-6-8(14)7-10(15)11(9)16/h6-7H,2-5,16H2,1H3. The Morgan fingerprint density at radius 1 is 1.19 bits per heavy atom. The summed E-state index contributed by atoms with van der Waals surface area (Å²) >= 11 is 6.65. The highest BCUT2D eigenvalue weighted by molar-refractivity contribution is 9.11. The number of methoxy groups -OCH3 is 1. The quantitative estimate of drug-likeness (QED) is 0.708. The van der Waals surface area contributed by atoms with Crippen LogP contribution < -0.4 is 5.73 Å². The number of nitrogens with zero attached hydrogens (tertiary/aromatic N) is 2. The molecule has 0 radical (unpaired) electrons. The van der Waals surface area contributed by atoms with Gasteiger partial charge in [-0.2, -0.15) is 0 Å². The van der Waals surface area contributed by atoms with Crippen molar-refractivity contribution in [2.45, 2.75) is 12.8 Å². The number of carbonyl (C=O) groups is 2. The smallest absolute Gasteiger partial charge is 0.428 e. The highest BCUT2D eigenvalue weighted by Gasteiger charge is 2.31. The molecule has 0 aliphatic carbocycles. The maximum Gasteiger partial charge on any atom is 0.428 e. The number of ether oxygens (including phenoxy) is 1. The fraction of sp³-hybridized carbons (Fsp3) is 0.385. The number of hydrazine groups is 1. The highest BCUT2D eigenvalue weighted by Crippen LogP contribution is 2.30. The van der Waals surface area contributed by atoms with Crippen LogP contribution in [-0.4, -0.2) is 42.2 Å². The molecule has 2 rings (SSSR count). The predicted molar refractivity (Wildman–Crippen MR) is 85.6 cm³/mol. The molecule has 1 aromatic rings. The van der Waals surface area contributed by atoms with Gasteiger partial charge in [-0.3, -0.25) is 4.79 Å². The number of amides is 2. The van der Waals surface area contributed by atoms with Gasteiger partial charge in [0.05, 0.1) is 18.4 Å². The molecule has 1 aliphatic rings. The summed E-state index contributed by atoms with van der Waals surface area (Å²) < 4.78 is 6.08. The average molecular weight is 421 g/mol. The highest BCUT2D eigenvalue weighted by atomic mass is 79.9. The first-order valence-corrected chi connectivity index (χ1v) is 7.96. The van der Waals surface area contributed by atoms with Crippen molar-refractivity contribution in [2.24, 2.45) is 0 Å². The van der Waals surface area contributed by atoms with Gasteiger partial charge in [0.15, 0.2) is 0 Å². The summed E-state index contributed by atoms with van der Waals surface area (Å²) in [6.07, 6.45) is 1.11. The Kier molecular flexibility index (Phi) is 5.10. The van der Waals surface area contributed by atoms with E-state index in [-0.39, 0.29) is 5.91 Å². The Morgan fingerprint density at radius 3 is 2.43 bits per heavy atom. The molecule has 1 fully saturated rings. The van der Waals surface area contributed by atoms with Crippen molar-refractivity contribution in [3.63, 3.8) is 0 Å². The maximum atomic E-state index is 12.7. The van der Waals surface area contributed by atoms with Crippen LogP contribution in [-0.2, 0) is 4.74 Å². The molecule has 1 aromatic carbocycles. The summed E-state index contributed by atoms with van der Waals surface area (Å²) in [5.74, 6) is -0.320. The molecule has 0 saturated carbocycles. The van der Waals surface area contributed by atoms with Crippen LogP contribution in [0.5, 0.6) is 0 Å². The third-order valence-electron chi connectivity index (χ3n) is 3.23. The molecule has 0 atom stereocenters. The van der Waals surface area contributed by atoms with E-state index in [0.717, 1.165) is 17.3 Å². The minimum absolute atomic E-state index is 0.320. The van der Waals surface area contributed by atoms with Gasteiger partial charge in [-0.25, -0.2) is 14.8 Å². The SMILES string of the molecule is COC(=O)N1CCCCN1C(=O)c1cc(Br)cc(Br)c1N. The fourth-order valence-electron chi connectivity index (χ4n) is 2.17. The molecular weight excluding hydrogens is 406 g/mol. The van der Waals surface area contributed by atoms with E-state index in [2.05, 4.69) is 31.9 Å². The van der Waals surface area contributed by atoms with Crippen molar-refractivity contribution in [3.05, 3.63) is 26.6 Å². The number of nitrogen functional groups attached to an aromatic ring is 1. The zero-order valence-electron chi connectivity index (χ0n) is 11.4. The molecule has 1 saturated heterocycles. The largest absolute Gasteiger partial charge is 0.452 e. The first-order chi connectivity index (χ1) is 9.95. The van der Waals surface area contributed by atoms with Crippen molar-refractivity contribution in [2.75, 3.05) is 25.9 Å². The van der Waals surface area contributed by atoms with E-state index >= 15 is 0 Å². The zero-order chi connectivity index (χ0) is 15.6. The van der Waals surface area contributed by atoms with E-state index in [4.69, 9.17) is 10.5 Å². The number of carbonyl (C=O) groups excluding carboxylic acids is 2. The molecule has 2 amide bonds. The van der Waals surface area contributed by atoms with E-state index in [1.807, 2.05) is 0 Å². The topological polar surface area (TPSA) is 75.9 Å². The molecule has 114 valence electrons. The Labute approximate surface area is 139 Å². The second-order valence-corrected chi connectivity index (χ2v) is 6.35. The number of anilines is 1. The van der Waals surface area contributed by atoms with E-state index in [1.165, 1.54) is 17.1 Å². The van der Waals surface area contributed by atoms with Crippen molar-refractivity contribution in [1.82, 2.24) is 10.0 Å². The second-order valence-electron chi connectivity index (χ2n) is 4.58. The summed E-state index contributed by atoms with van der Waals surface area (Å²) in [7, 11) is 1.30. The summed E-state index contributed by atoms with van der Waals surface area (Å²) in [5, 5.41) is 2.71. The van der Waals surface area contributed by atoms with Gasteiger partial charge in [-0.05, 0) is 40.9 Å². The third kappa shape index (κ3) is 3.32. The Morgan fingerprint density at radius 2 is 1.81 bits per heavy atom. The van der Waals surface area contributed by atoms with Gasteiger partial charge in [0.25, 0.3) is 5.91 Å². The molecule has 1 aliphatic heterocycles. The van der Waals surface area contributed by atoms with Crippen molar-refractivity contribution >= 4 is 49.5 Å². The molecule has 6 nitrogen and oxygen atoms in total. The van der Waals surface area contributed by atoms with Gasteiger partial charge < -0.3 is 10.5 Å². The summed E-state index contributed by atoms with van der Waals surface area (Å²) in [4.78, 5) is 24.5. The van der Waals surface area contributed by atoms with Gasteiger partial charge in [0, 0.05) is 22.0 Å². The van der Waals surface area contributed by atoms with Crippen LogP contribution in [0.25, 0.3) is 0 Å². The predicted octanol–water partition coefficient (Wildman–Crippen LogP) is 3.01. The maximum absolute atomic E-state index is 12.7. The number of hydrogen-bond donors (Lipinski definition) is 1. The number of halogens is 2. The minimum atomic E-state index is -0.546. The average Bonchev–Trinajstić information content (AvgIpc) is 2.49. The number of benzene rings is 1. The lowest BCUT2D eigenvalue weighted by molar-refractivity contribution is -0.0219.